The van der Waals surface area contributed by atoms with Crippen LogP contribution in [-0.2, 0) is 5.41 Å². The van der Waals surface area contributed by atoms with Crippen LogP contribution >= 0.6 is 0 Å². The molecular weight excluding hydrogens is 749 g/mol. The third-order valence-electron chi connectivity index (χ3n) is 13.5. The molecule has 0 saturated heterocycles. The number of benzene rings is 10. The lowest BCUT2D eigenvalue weighted by atomic mass is 9.61. The summed E-state index contributed by atoms with van der Waals surface area (Å²) in [5.41, 5.74) is 16.6. The van der Waals surface area contributed by atoms with Crippen LogP contribution in [0.5, 0.6) is 0 Å². The molecule has 2 aliphatic rings. The normalized spacial score (nSPS) is 15.3. The van der Waals surface area contributed by atoms with Crippen molar-refractivity contribution in [2.45, 2.75) is 12.3 Å². The van der Waals surface area contributed by atoms with Crippen molar-refractivity contribution < 1.29 is 4.11 Å². The molecule has 13 rings (SSSR count). The van der Waals surface area contributed by atoms with Crippen molar-refractivity contribution in [3.05, 3.63) is 252 Å². The first-order valence-corrected chi connectivity index (χ1v) is 21.4. The number of rotatable bonds is 5. The molecule has 0 aliphatic heterocycles. The second-order valence-electron chi connectivity index (χ2n) is 16.6. The lowest BCUT2D eigenvalue weighted by Gasteiger charge is -2.41. The maximum absolute atomic E-state index is 9.86. The van der Waals surface area contributed by atoms with Gasteiger partial charge in [-0.25, -0.2) is 0 Å². The number of hydrogen-bond acceptors (Lipinski definition) is 1. The van der Waals surface area contributed by atoms with Gasteiger partial charge in [0.2, 0.25) is 0 Å². The number of aromatic nitrogens is 1. The summed E-state index contributed by atoms with van der Waals surface area (Å²) in [7, 11) is 0. The predicted octanol–water partition coefficient (Wildman–Crippen LogP) is 15.7. The van der Waals surface area contributed by atoms with E-state index in [1.807, 2.05) is 6.92 Å². The van der Waals surface area contributed by atoms with E-state index in [0.29, 0.717) is 0 Å². The van der Waals surface area contributed by atoms with Crippen molar-refractivity contribution in [2.24, 2.45) is 0 Å². The highest BCUT2D eigenvalue weighted by Gasteiger charge is 2.50. The van der Waals surface area contributed by atoms with E-state index in [2.05, 4.69) is 216 Å². The SMILES string of the molecule is [2H]c1c([2H])c(C)c2c(c1[2H])C1(c3ccccc3-2)c2cc(N(c3ccc(-c4ccccc4)cc3)c3ccc4c5ccccc5n(-c5ccccc5)c4c3)ccc2-c2cccc3cccc1c23. The van der Waals surface area contributed by atoms with Gasteiger partial charge in [-0.1, -0.05) is 170 Å². The Bertz CT molecular complexity index is 3760. The van der Waals surface area contributed by atoms with Gasteiger partial charge in [0.25, 0.3) is 0 Å². The molecule has 10 aromatic carbocycles. The maximum atomic E-state index is 9.86. The van der Waals surface area contributed by atoms with Crippen molar-refractivity contribution in [1.29, 1.82) is 0 Å². The summed E-state index contributed by atoms with van der Waals surface area (Å²) in [6, 6.07) is 74.1. The fourth-order valence-electron chi connectivity index (χ4n) is 10.9. The Morgan fingerprint density at radius 1 is 0.452 bits per heavy atom. The van der Waals surface area contributed by atoms with Gasteiger partial charge in [-0.2, -0.15) is 0 Å². The van der Waals surface area contributed by atoms with Crippen LogP contribution in [0.1, 0.15) is 31.9 Å². The van der Waals surface area contributed by atoms with Gasteiger partial charge in [0.05, 0.1) is 20.6 Å². The first kappa shape index (κ1) is 31.9. The lowest BCUT2D eigenvalue weighted by molar-refractivity contribution is 0.773. The van der Waals surface area contributed by atoms with E-state index in [4.69, 9.17) is 1.37 Å². The van der Waals surface area contributed by atoms with Gasteiger partial charge in [-0.3, -0.25) is 0 Å². The monoisotopic (exact) mass is 791 g/mol. The smallest absolute Gasteiger partial charge is 0.0726 e. The van der Waals surface area contributed by atoms with Gasteiger partial charge in [0.15, 0.2) is 0 Å². The molecule has 0 bridgehead atoms. The zero-order valence-electron chi connectivity index (χ0n) is 37.0. The Kier molecular flexibility index (Phi) is 6.84. The summed E-state index contributed by atoms with van der Waals surface area (Å²) >= 11 is 0. The van der Waals surface area contributed by atoms with Gasteiger partial charge in [-0.15, -0.1) is 0 Å². The van der Waals surface area contributed by atoms with Crippen molar-refractivity contribution in [2.75, 3.05) is 4.90 Å². The van der Waals surface area contributed by atoms with Crippen LogP contribution in [0, 0.1) is 6.92 Å². The van der Waals surface area contributed by atoms with Crippen LogP contribution in [0.15, 0.2) is 224 Å². The molecule has 2 heteroatoms. The minimum Gasteiger partial charge on any atom is -0.310 e. The zero-order chi connectivity index (χ0) is 43.6. The highest BCUT2D eigenvalue weighted by atomic mass is 15.1. The molecule has 0 radical (unpaired) electrons. The first-order chi connectivity index (χ1) is 31.9. The third kappa shape index (κ3) is 4.81. The summed E-state index contributed by atoms with van der Waals surface area (Å²) in [5, 5.41) is 4.67. The molecule has 2 nitrogen and oxygen atoms in total. The number of fused-ring (bicyclic) bond motifs is 12. The third-order valence-corrected chi connectivity index (χ3v) is 13.5. The highest BCUT2D eigenvalue weighted by molar-refractivity contribution is 6.11. The highest BCUT2D eigenvalue weighted by Crippen LogP contribution is 2.63. The summed E-state index contributed by atoms with van der Waals surface area (Å²) in [5.74, 6) is 0. The van der Waals surface area contributed by atoms with E-state index < -0.39 is 5.41 Å². The van der Waals surface area contributed by atoms with Crippen LogP contribution in [0.2, 0.25) is 0 Å². The van der Waals surface area contributed by atoms with Gasteiger partial charge < -0.3 is 9.47 Å². The van der Waals surface area contributed by atoms with Crippen LogP contribution in [-0.4, -0.2) is 4.57 Å². The molecule has 290 valence electrons. The summed E-state index contributed by atoms with van der Waals surface area (Å²) < 4.78 is 30.6. The van der Waals surface area contributed by atoms with Crippen LogP contribution in [0.4, 0.5) is 17.1 Å². The molecular formula is C60H40N2. The minimum absolute atomic E-state index is 0.0422. The Balaban J connectivity index is 1.13. The van der Waals surface area contributed by atoms with Gasteiger partial charge in [0, 0.05) is 33.5 Å². The number of nitrogens with zero attached hydrogens (tertiary/aromatic N) is 2. The molecule has 0 saturated carbocycles. The first-order valence-electron chi connectivity index (χ1n) is 22.9. The molecule has 1 unspecified atom stereocenters. The fourth-order valence-corrected chi connectivity index (χ4v) is 10.9. The largest absolute Gasteiger partial charge is 0.310 e. The van der Waals surface area contributed by atoms with E-state index in [9.17, 15) is 2.74 Å². The van der Waals surface area contributed by atoms with Crippen molar-refractivity contribution in [1.82, 2.24) is 4.57 Å². The second-order valence-corrected chi connectivity index (χ2v) is 16.6. The molecule has 1 aromatic heterocycles. The van der Waals surface area contributed by atoms with Gasteiger partial charge in [-0.05, 0) is 133 Å². The Morgan fingerprint density at radius 2 is 1.10 bits per heavy atom. The molecule has 62 heavy (non-hydrogen) atoms. The molecule has 1 heterocycles. The standard InChI is InChI=1S/C60H40N2/c1-39-15-12-26-53-58(39)51-23-8-10-25-52(51)60(53)54-27-14-19-42-18-13-24-50(59(42)54)47-35-33-45(37-55(47)60)61(44-31-29-41(30-32-44)40-16-4-2-5-17-40)46-34-36-49-48-22-9-11-28-56(48)62(57(49)38-46)43-20-6-3-7-21-43/h2-38H,1H3/i12D,15D,26D. The van der Waals surface area contributed by atoms with Crippen molar-refractivity contribution >= 4 is 49.6 Å². The summed E-state index contributed by atoms with van der Waals surface area (Å²) in [4.78, 5) is 2.37. The minimum atomic E-state index is -0.941. The van der Waals surface area contributed by atoms with Gasteiger partial charge >= 0.3 is 0 Å². The number of anilines is 3. The molecule has 1 atom stereocenters. The molecule has 2 aliphatic carbocycles. The van der Waals surface area contributed by atoms with Crippen LogP contribution in [0.25, 0.3) is 71.6 Å². The van der Waals surface area contributed by atoms with Crippen LogP contribution < -0.4 is 4.90 Å². The summed E-state index contributed by atoms with van der Waals surface area (Å²) in [6.45, 7) is 1.95. The Labute approximate surface area is 365 Å². The van der Waals surface area contributed by atoms with E-state index >= 15 is 0 Å². The van der Waals surface area contributed by atoms with Crippen molar-refractivity contribution in [3.63, 3.8) is 0 Å². The molecule has 0 N–H and O–H groups in total. The van der Waals surface area contributed by atoms with Gasteiger partial charge in [0.1, 0.15) is 0 Å². The zero-order valence-corrected chi connectivity index (χ0v) is 34.0. The average molecular weight is 792 g/mol. The Hall–Kier alpha value is -7.94. The Morgan fingerprint density at radius 3 is 1.95 bits per heavy atom. The van der Waals surface area contributed by atoms with E-state index in [1.165, 1.54) is 10.8 Å². The summed E-state index contributed by atoms with van der Waals surface area (Å²) in [6.07, 6.45) is 0. The number of hydrogen-bond donors (Lipinski definition) is 0. The van der Waals surface area contributed by atoms with Crippen LogP contribution in [0.3, 0.4) is 0 Å². The predicted molar refractivity (Wildman–Crippen MR) is 259 cm³/mol. The van der Waals surface area contributed by atoms with Crippen molar-refractivity contribution in [3.8, 4) is 39.1 Å². The topological polar surface area (TPSA) is 8.17 Å². The molecule has 11 aromatic rings. The van der Waals surface area contributed by atoms with E-state index in [0.717, 1.165) is 106 Å². The van der Waals surface area contributed by atoms with E-state index in [1.54, 1.807) is 0 Å². The fraction of sp³-hybridized carbons (Fsp3) is 0.0333. The molecule has 0 amide bonds. The number of para-hydroxylation sites is 2. The second kappa shape index (κ2) is 13.3. The molecule has 0 fully saturated rings. The lowest BCUT2D eigenvalue weighted by Crippen LogP contribution is -2.32. The maximum Gasteiger partial charge on any atom is 0.0726 e. The average Bonchev–Trinajstić information content (AvgIpc) is 3.86. The molecule has 1 spiro atoms. The van der Waals surface area contributed by atoms with E-state index in [-0.39, 0.29) is 18.1 Å². The quantitative estimate of drug-likeness (QED) is 0.169.